The quantitative estimate of drug-likeness (QED) is 0.463. The van der Waals surface area contributed by atoms with Gasteiger partial charge in [-0.15, -0.1) is 0 Å². The van der Waals surface area contributed by atoms with Crippen LogP contribution < -0.4 is 0 Å². The Bertz CT molecular complexity index is 228. The molecule has 0 aromatic rings. The van der Waals surface area contributed by atoms with E-state index in [1.54, 1.807) is 0 Å². The van der Waals surface area contributed by atoms with Crippen LogP contribution in [0.25, 0.3) is 0 Å². The van der Waals surface area contributed by atoms with E-state index in [0.29, 0.717) is 0 Å². The van der Waals surface area contributed by atoms with Gasteiger partial charge in [-0.25, -0.2) is 0 Å². The number of esters is 1. The van der Waals surface area contributed by atoms with Crippen LogP contribution in [0.4, 0.5) is 0 Å². The van der Waals surface area contributed by atoms with E-state index in [-0.39, 0.29) is 18.0 Å². The first-order chi connectivity index (χ1) is 5.59. The molecule has 2 atom stereocenters. The molecule has 1 heterocycles. The zero-order chi connectivity index (χ0) is 9.14. The molecule has 0 spiro atoms. The van der Waals surface area contributed by atoms with Crippen molar-refractivity contribution in [3.8, 4) is 0 Å². The Morgan fingerprint density at radius 3 is 2.83 bits per heavy atom. The lowest BCUT2D eigenvalue weighted by atomic mass is 10.1. The summed E-state index contributed by atoms with van der Waals surface area (Å²) >= 11 is 0. The molecular formula is C10H14O2. The van der Waals surface area contributed by atoms with Crippen LogP contribution in [0.1, 0.15) is 20.3 Å². The second-order valence-electron chi connectivity index (χ2n) is 3.32. The molecule has 0 N–H and O–H groups in total. The van der Waals surface area contributed by atoms with Crippen LogP contribution in [0.3, 0.4) is 0 Å². The summed E-state index contributed by atoms with van der Waals surface area (Å²) in [6.07, 6.45) is 4.53. The van der Waals surface area contributed by atoms with Crippen molar-refractivity contribution in [1.29, 1.82) is 0 Å². The summed E-state index contributed by atoms with van der Waals surface area (Å²) in [4.78, 5) is 11.0. The Balaban J connectivity index is 2.47. The maximum absolute atomic E-state index is 11.0. The normalized spacial score (nSPS) is 29.3. The fourth-order valence-electron chi connectivity index (χ4n) is 1.15. The number of ether oxygens (including phenoxy) is 1. The van der Waals surface area contributed by atoms with E-state index in [4.69, 9.17) is 4.74 Å². The van der Waals surface area contributed by atoms with Gasteiger partial charge in [-0.3, -0.25) is 4.79 Å². The van der Waals surface area contributed by atoms with Crippen LogP contribution in [0, 0.1) is 5.92 Å². The summed E-state index contributed by atoms with van der Waals surface area (Å²) in [5, 5.41) is 0. The van der Waals surface area contributed by atoms with Crippen LogP contribution in [0.15, 0.2) is 24.3 Å². The van der Waals surface area contributed by atoms with Crippen molar-refractivity contribution < 1.29 is 9.53 Å². The summed E-state index contributed by atoms with van der Waals surface area (Å²) in [6.45, 7) is 7.53. The third-order valence-corrected chi connectivity index (χ3v) is 1.85. The van der Waals surface area contributed by atoms with Gasteiger partial charge in [0.15, 0.2) is 0 Å². The summed E-state index contributed by atoms with van der Waals surface area (Å²) in [7, 11) is 0. The van der Waals surface area contributed by atoms with Crippen molar-refractivity contribution in [2.45, 2.75) is 26.4 Å². The van der Waals surface area contributed by atoms with Crippen LogP contribution in [0.2, 0.25) is 0 Å². The van der Waals surface area contributed by atoms with Crippen molar-refractivity contribution in [3.05, 3.63) is 24.3 Å². The van der Waals surface area contributed by atoms with Crippen molar-refractivity contribution >= 4 is 5.97 Å². The third-order valence-electron chi connectivity index (χ3n) is 1.85. The van der Waals surface area contributed by atoms with E-state index in [2.05, 4.69) is 6.58 Å². The maximum atomic E-state index is 11.0. The van der Waals surface area contributed by atoms with Gasteiger partial charge in [0, 0.05) is 6.42 Å². The number of cyclic esters (lactones) is 1. The molecule has 1 saturated heterocycles. The number of rotatable bonds is 2. The molecule has 1 fully saturated rings. The zero-order valence-corrected chi connectivity index (χ0v) is 7.54. The Morgan fingerprint density at radius 2 is 2.42 bits per heavy atom. The van der Waals surface area contributed by atoms with Gasteiger partial charge in [0.25, 0.3) is 0 Å². The number of carbonyl (C=O) groups excluding carboxylic acids is 1. The van der Waals surface area contributed by atoms with E-state index in [1.165, 1.54) is 0 Å². The van der Waals surface area contributed by atoms with Crippen molar-refractivity contribution in [3.63, 3.8) is 0 Å². The lowest BCUT2D eigenvalue weighted by Crippen LogP contribution is -2.03. The molecule has 2 unspecified atom stereocenters. The summed E-state index contributed by atoms with van der Waals surface area (Å²) < 4.78 is 5.06. The van der Waals surface area contributed by atoms with E-state index in [0.717, 1.165) is 12.0 Å². The molecule has 1 aliphatic heterocycles. The van der Waals surface area contributed by atoms with Gasteiger partial charge in [0.05, 0.1) is 5.92 Å². The van der Waals surface area contributed by atoms with Crippen LogP contribution in [0.5, 0.6) is 0 Å². The maximum Gasteiger partial charge on any atom is 0.309 e. The molecule has 0 aliphatic carbocycles. The zero-order valence-electron chi connectivity index (χ0n) is 7.54. The minimum atomic E-state index is -0.0913. The van der Waals surface area contributed by atoms with Gasteiger partial charge in [0.2, 0.25) is 0 Å². The van der Waals surface area contributed by atoms with E-state index >= 15 is 0 Å². The van der Waals surface area contributed by atoms with E-state index in [1.807, 2.05) is 26.0 Å². The van der Waals surface area contributed by atoms with Gasteiger partial charge in [-0.1, -0.05) is 25.2 Å². The van der Waals surface area contributed by atoms with Crippen molar-refractivity contribution in [1.82, 2.24) is 0 Å². The third kappa shape index (κ3) is 2.22. The molecule has 1 rings (SSSR count). The molecule has 2 nitrogen and oxygen atoms in total. The molecule has 2 heteroatoms. The van der Waals surface area contributed by atoms with Gasteiger partial charge in [0.1, 0.15) is 6.10 Å². The Hall–Kier alpha value is -1.05. The Labute approximate surface area is 72.9 Å². The largest absolute Gasteiger partial charge is 0.458 e. The molecule has 66 valence electrons. The second-order valence-corrected chi connectivity index (χ2v) is 3.32. The molecule has 1 aliphatic rings. The molecule has 0 aromatic carbocycles. The predicted molar refractivity (Wildman–Crippen MR) is 47.6 cm³/mol. The van der Waals surface area contributed by atoms with Crippen LogP contribution >= 0.6 is 0 Å². The SMILES string of the molecule is C=C(C)/C=C\C1CC(C)C(=O)O1. The first-order valence-electron chi connectivity index (χ1n) is 4.14. The van der Waals surface area contributed by atoms with Crippen molar-refractivity contribution in [2.75, 3.05) is 0 Å². The lowest BCUT2D eigenvalue weighted by molar-refractivity contribution is -0.142. The molecule has 0 radical (unpaired) electrons. The van der Waals surface area contributed by atoms with E-state index in [9.17, 15) is 4.79 Å². The minimum Gasteiger partial charge on any atom is -0.458 e. The highest BCUT2D eigenvalue weighted by molar-refractivity contribution is 5.74. The minimum absolute atomic E-state index is 0.0378. The van der Waals surface area contributed by atoms with Crippen molar-refractivity contribution in [2.24, 2.45) is 5.92 Å². The molecule has 12 heavy (non-hydrogen) atoms. The highest BCUT2D eigenvalue weighted by Gasteiger charge is 2.28. The van der Waals surface area contributed by atoms with E-state index < -0.39 is 0 Å². The number of hydrogen-bond donors (Lipinski definition) is 0. The topological polar surface area (TPSA) is 26.3 Å². The molecule has 0 amide bonds. The lowest BCUT2D eigenvalue weighted by Gasteiger charge is -2.00. The Kier molecular flexibility index (Phi) is 2.69. The number of allylic oxidation sites excluding steroid dienone is 2. The molecule has 0 aromatic heterocycles. The second kappa shape index (κ2) is 3.57. The highest BCUT2D eigenvalue weighted by Crippen LogP contribution is 2.21. The number of carbonyl (C=O) groups is 1. The molecule has 0 saturated carbocycles. The van der Waals surface area contributed by atoms with Gasteiger partial charge in [-0.05, 0) is 13.0 Å². The average Bonchev–Trinajstić information content (AvgIpc) is 2.28. The summed E-state index contributed by atoms with van der Waals surface area (Å²) in [5.74, 6) is -0.0452. The smallest absolute Gasteiger partial charge is 0.309 e. The summed E-state index contributed by atoms with van der Waals surface area (Å²) in [5.41, 5.74) is 0.977. The first-order valence-corrected chi connectivity index (χ1v) is 4.14. The van der Waals surface area contributed by atoms with Gasteiger partial charge < -0.3 is 4.74 Å². The fourth-order valence-corrected chi connectivity index (χ4v) is 1.15. The predicted octanol–water partition coefficient (Wildman–Crippen LogP) is 2.07. The first kappa shape index (κ1) is 9.04. The monoisotopic (exact) mass is 166 g/mol. The van der Waals surface area contributed by atoms with Gasteiger partial charge >= 0.3 is 5.97 Å². The molecular weight excluding hydrogens is 152 g/mol. The molecule has 0 bridgehead atoms. The Morgan fingerprint density at radius 1 is 1.75 bits per heavy atom. The van der Waals surface area contributed by atoms with Gasteiger partial charge in [-0.2, -0.15) is 0 Å². The number of hydrogen-bond acceptors (Lipinski definition) is 2. The van der Waals surface area contributed by atoms with Crippen LogP contribution in [-0.2, 0) is 9.53 Å². The van der Waals surface area contributed by atoms with Crippen LogP contribution in [-0.4, -0.2) is 12.1 Å². The average molecular weight is 166 g/mol. The highest BCUT2D eigenvalue weighted by atomic mass is 16.5. The fraction of sp³-hybridized carbons (Fsp3) is 0.500. The standard InChI is InChI=1S/C10H14O2/c1-7(2)4-5-9-6-8(3)10(11)12-9/h4-5,8-9H,1,6H2,2-3H3/b5-4-. The summed E-state index contributed by atoms with van der Waals surface area (Å²) in [6, 6.07) is 0.